The van der Waals surface area contributed by atoms with E-state index in [2.05, 4.69) is 4.72 Å². The van der Waals surface area contributed by atoms with E-state index < -0.39 is 10.0 Å². The third-order valence-corrected chi connectivity index (χ3v) is 4.93. The number of sulfonamides is 1. The lowest BCUT2D eigenvalue weighted by Crippen LogP contribution is -2.28. The SMILES string of the molecule is Cc1cc(C)c(S(=O)(=O)NCCN)s1.Cl. The molecule has 0 unspecified atom stereocenters. The summed E-state index contributed by atoms with van der Waals surface area (Å²) in [6.07, 6.45) is 0. The summed E-state index contributed by atoms with van der Waals surface area (Å²) in [4.78, 5) is 0.996. The van der Waals surface area contributed by atoms with Crippen LogP contribution in [0.3, 0.4) is 0 Å². The maximum Gasteiger partial charge on any atom is 0.250 e. The van der Waals surface area contributed by atoms with Crippen molar-refractivity contribution in [1.82, 2.24) is 4.72 Å². The molecular formula is C8H15ClN2O2S2. The molecule has 3 N–H and O–H groups in total. The summed E-state index contributed by atoms with van der Waals surface area (Å²) < 4.78 is 26.2. The van der Waals surface area contributed by atoms with E-state index in [1.54, 1.807) is 6.92 Å². The van der Waals surface area contributed by atoms with Gasteiger partial charge in [0.1, 0.15) is 4.21 Å². The molecule has 7 heteroatoms. The van der Waals surface area contributed by atoms with Crippen molar-refractivity contribution in [3.05, 3.63) is 16.5 Å². The van der Waals surface area contributed by atoms with E-state index >= 15 is 0 Å². The topological polar surface area (TPSA) is 72.2 Å². The molecule has 0 fully saturated rings. The van der Waals surface area contributed by atoms with Crippen LogP contribution in [0.15, 0.2) is 10.3 Å². The molecule has 0 saturated heterocycles. The van der Waals surface area contributed by atoms with Crippen LogP contribution in [0.5, 0.6) is 0 Å². The van der Waals surface area contributed by atoms with Gasteiger partial charge in [0.2, 0.25) is 10.0 Å². The highest BCUT2D eigenvalue weighted by Crippen LogP contribution is 2.25. The second-order valence-electron chi connectivity index (χ2n) is 3.01. The first-order valence-electron chi connectivity index (χ1n) is 4.24. The molecule has 0 saturated carbocycles. The van der Waals surface area contributed by atoms with Crippen LogP contribution in [0.2, 0.25) is 0 Å². The van der Waals surface area contributed by atoms with Crippen LogP contribution in [0.1, 0.15) is 10.4 Å². The molecule has 0 aromatic carbocycles. The fourth-order valence-electron chi connectivity index (χ4n) is 1.15. The van der Waals surface area contributed by atoms with Gasteiger partial charge in [-0.2, -0.15) is 0 Å². The fraction of sp³-hybridized carbons (Fsp3) is 0.500. The molecular weight excluding hydrogens is 256 g/mol. The maximum absolute atomic E-state index is 11.7. The minimum atomic E-state index is -3.34. The van der Waals surface area contributed by atoms with Crippen molar-refractivity contribution >= 4 is 33.8 Å². The van der Waals surface area contributed by atoms with Crippen LogP contribution in [-0.2, 0) is 10.0 Å². The standard InChI is InChI=1S/C8H14N2O2S2.ClH/c1-6-5-7(2)13-8(6)14(11,12)10-4-3-9;/h5,10H,3-4,9H2,1-2H3;1H. The number of hydrogen-bond donors (Lipinski definition) is 2. The van der Waals surface area contributed by atoms with Crippen molar-refractivity contribution in [2.45, 2.75) is 18.1 Å². The van der Waals surface area contributed by atoms with Crippen LogP contribution in [0.25, 0.3) is 0 Å². The molecule has 4 nitrogen and oxygen atoms in total. The molecule has 1 heterocycles. The number of rotatable bonds is 4. The monoisotopic (exact) mass is 270 g/mol. The number of aryl methyl sites for hydroxylation is 2. The Morgan fingerprint density at radius 1 is 1.47 bits per heavy atom. The molecule has 0 atom stereocenters. The summed E-state index contributed by atoms with van der Waals surface area (Å²) in [7, 11) is -3.34. The lowest BCUT2D eigenvalue weighted by Gasteiger charge is -2.03. The van der Waals surface area contributed by atoms with E-state index in [4.69, 9.17) is 5.73 Å². The zero-order valence-electron chi connectivity index (χ0n) is 8.61. The van der Waals surface area contributed by atoms with Crippen LogP contribution >= 0.6 is 23.7 Å². The van der Waals surface area contributed by atoms with Gasteiger partial charge in [-0.25, -0.2) is 13.1 Å². The zero-order chi connectivity index (χ0) is 10.8. The molecule has 0 aliphatic carbocycles. The van der Waals surface area contributed by atoms with E-state index in [-0.39, 0.29) is 19.0 Å². The Kier molecular flexibility index (Phi) is 5.76. The Labute approximate surface area is 100 Å². The molecule has 0 bridgehead atoms. The summed E-state index contributed by atoms with van der Waals surface area (Å²) in [5.41, 5.74) is 6.02. The largest absolute Gasteiger partial charge is 0.329 e. The molecule has 0 aliphatic rings. The predicted octanol–water partition coefficient (Wildman–Crippen LogP) is 1.02. The van der Waals surface area contributed by atoms with Crippen molar-refractivity contribution in [2.24, 2.45) is 5.73 Å². The fourth-order valence-corrected chi connectivity index (χ4v) is 3.90. The first kappa shape index (κ1) is 14.9. The molecule has 0 aliphatic heterocycles. The number of hydrogen-bond acceptors (Lipinski definition) is 4. The zero-order valence-corrected chi connectivity index (χ0v) is 11.1. The maximum atomic E-state index is 11.7. The molecule has 88 valence electrons. The van der Waals surface area contributed by atoms with Gasteiger partial charge < -0.3 is 5.73 Å². The average molecular weight is 271 g/mol. The Morgan fingerprint density at radius 3 is 2.47 bits per heavy atom. The molecule has 0 radical (unpaired) electrons. The van der Waals surface area contributed by atoms with Crippen molar-refractivity contribution < 1.29 is 8.42 Å². The lowest BCUT2D eigenvalue weighted by molar-refractivity contribution is 0.584. The molecule has 1 aromatic heterocycles. The van der Waals surface area contributed by atoms with E-state index in [0.717, 1.165) is 10.4 Å². The molecule has 1 aromatic rings. The van der Waals surface area contributed by atoms with Crippen molar-refractivity contribution in [3.8, 4) is 0 Å². The molecule has 0 spiro atoms. The highest BCUT2D eigenvalue weighted by Gasteiger charge is 2.18. The third-order valence-electron chi connectivity index (χ3n) is 1.68. The van der Waals surface area contributed by atoms with Crippen LogP contribution in [-0.4, -0.2) is 21.5 Å². The van der Waals surface area contributed by atoms with Gasteiger partial charge in [0.15, 0.2) is 0 Å². The van der Waals surface area contributed by atoms with Gasteiger partial charge in [0.25, 0.3) is 0 Å². The Balaban J connectivity index is 0.00000196. The van der Waals surface area contributed by atoms with E-state index in [1.807, 2.05) is 13.0 Å². The van der Waals surface area contributed by atoms with Gasteiger partial charge in [-0.1, -0.05) is 0 Å². The summed E-state index contributed by atoms with van der Waals surface area (Å²) in [6.45, 7) is 4.27. The number of nitrogens with two attached hydrogens (primary N) is 1. The van der Waals surface area contributed by atoms with Crippen LogP contribution in [0.4, 0.5) is 0 Å². The highest BCUT2D eigenvalue weighted by atomic mass is 35.5. The summed E-state index contributed by atoms with van der Waals surface area (Å²) >= 11 is 1.28. The van der Waals surface area contributed by atoms with Gasteiger partial charge >= 0.3 is 0 Å². The van der Waals surface area contributed by atoms with Gasteiger partial charge in [0, 0.05) is 18.0 Å². The van der Waals surface area contributed by atoms with Crippen molar-refractivity contribution in [2.75, 3.05) is 13.1 Å². The second-order valence-corrected chi connectivity index (χ2v) is 6.23. The summed E-state index contributed by atoms with van der Waals surface area (Å²) in [5.74, 6) is 0. The van der Waals surface area contributed by atoms with Gasteiger partial charge in [0.05, 0.1) is 0 Å². The van der Waals surface area contributed by atoms with Gasteiger partial charge in [-0.05, 0) is 25.5 Å². The Morgan fingerprint density at radius 2 is 2.07 bits per heavy atom. The van der Waals surface area contributed by atoms with E-state index in [0.29, 0.717) is 10.8 Å². The van der Waals surface area contributed by atoms with Gasteiger partial charge in [-0.3, -0.25) is 0 Å². The van der Waals surface area contributed by atoms with Crippen LogP contribution < -0.4 is 10.5 Å². The third kappa shape index (κ3) is 3.73. The first-order valence-corrected chi connectivity index (χ1v) is 6.54. The lowest BCUT2D eigenvalue weighted by atomic mass is 10.4. The Bertz CT molecular complexity index is 414. The molecule has 0 amide bonds. The first-order chi connectivity index (χ1) is 6.47. The minimum absolute atomic E-state index is 0. The number of nitrogens with one attached hydrogen (secondary N) is 1. The van der Waals surface area contributed by atoms with Gasteiger partial charge in [-0.15, -0.1) is 23.7 Å². The quantitative estimate of drug-likeness (QED) is 0.858. The van der Waals surface area contributed by atoms with E-state index in [1.165, 1.54) is 11.3 Å². The molecule has 15 heavy (non-hydrogen) atoms. The highest BCUT2D eigenvalue weighted by molar-refractivity contribution is 7.91. The Hall–Kier alpha value is -0.140. The molecule has 1 rings (SSSR count). The summed E-state index contributed by atoms with van der Waals surface area (Å²) in [5, 5.41) is 0. The smallest absolute Gasteiger partial charge is 0.250 e. The second kappa shape index (κ2) is 5.81. The average Bonchev–Trinajstić information content (AvgIpc) is 2.42. The van der Waals surface area contributed by atoms with Crippen molar-refractivity contribution in [1.29, 1.82) is 0 Å². The normalized spacial score (nSPS) is 11.1. The summed E-state index contributed by atoms with van der Waals surface area (Å²) in [6, 6.07) is 1.86. The number of thiophene rings is 1. The minimum Gasteiger partial charge on any atom is -0.329 e. The van der Waals surface area contributed by atoms with Crippen molar-refractivity contribution in [3.63, 3.8) is 0 Å². The number of halogens is 1. The predicted molar refractivity (Wildman–Crippen MR) is 65.3 cm³/mol. The van der Waals surface area contributed by atoms with Crippen LogP contribution in [0, 0.1) is 13.8 Å². The van der Waals surface area contributed by atoms with E-state index in [9.17, 15) is 8.42 Å².